The zero-order chi connectivity index (χ0) is 16.0. The van der Waals surface area contributed by atoms with E-state index in [9.17, 15) is 12.8 Å². The van der Waals surface area contributed by atoms with Crippen LogP contribution in [0.25, 0.3) is 0 Å². The van der Waals surface area contributed by atoms with Crippen molar-refractivity contribution >= 4 is 10.2 Å². The van der Waals surface area contributed by atoms with Gasteiger partial charge in [0, 0.05) is 26.2 Å². The molecule has 1 aromatic carbocycles. The van der Waals surface area contributed by atoms with Crippen LogP contribution in [-0.2, 0) is 14.9 Å². The molecule has 0 saturated carbocycles. The van der Waals surface area contributed by atoms with Gasteiger partial charge in [-0.3, -0.25) is 0 Å². The fourth-order valence-electron chi connectivity index (χ4n) is 2.46. The number of para-hydroxylation sites is 1. The molecule has 6 nitrogen and oxygen atoms in total. The fourth-order valence-corrected chi connectivity index (χ4v) is 3.90. The molecule has 1 saturated heterocycles. The van der Waals surface area contributed by atoms with Crippen molar-refractivity contribution in [3.8, 4) is 5.75 Å². The summed E-state index contributed by atoms with van der Waals surface area (Å²) in [7, 11) is -2.01. The Morgan fingerprint density at radius 1 is 1.41 bits per heavy atom. The highest BCUT2D eigenvalue weighted by Crippen LogP contribution is 2.20. The Hall–Kier alpha value is -1.22. The summed E-state index contributed by atoms with van der Waals surface area (Å²) in [6.45, 7) is 1.000. The van der Waals surface area contributed by atoms with Crippen molar-refractivity contribution < 1.29 is 22.3 Å². The Kier molecular flexibility index (Phi) is 6.13. The largest absolute Gasteiger partial charge is 0.489 e. The highest BCUT2D eigenvalue weighted by atomic mass is 32.2. The first-order valence-electron chi connectivity index (χ1n) is 7.17. The predicted octanol–water partition coefficient (Wildman–Crippen LogP) is 1.15. The highest BCUT2D eigenvalue weighted by molar-refractivity contribution is 7.87. The molecule has 0 spiro atoms. The second kappa shape index (κ2) is 7.87. The van der Waals surface area contributed by atoms with E-state index < -0.39 is 16.0 Å². The van der Waals surface area contributed by atoms with Crippen LogP contribution in [0.5, 0.6) is 5.75 Å². The van der Waals surface area contributed by atoms with E-state index in [0.29, 0.717) is 13.2 Å². The smallest absolute Gasteiger partial charge is 0.279 e. The molecule has 1 aromatic rings. The van der Waals surface area contributed by atoms with Crippen LogP contribution in [0.15, 0.2) is 24.3 Å². The number of hydrogen-bond acceptors (Lipinski definition) is 4. The monoisotopic (exact) mass is 332 g/mol. The van der Waals surface area contributed by atoms with Crippen LogP contribution >= 0.6 is 0 Å². The van der Waals surface area contributed by atoms with E-state index in [-0.39, 0.29) is 24.9 Å². The van der Waals surface area contributed by atoms with Crippen LogP contribution in [0.4, 0.5) is 4.39 Å². The van der Waals surface area contributed by atoms with Gasteiger partial charge in [0.15, 0.2) is 11.6 Å². The summed E-state index contributed by atoms with van der Waals surface area (Å²) in [5.74, 6) is -0.356. The maximum absolute atomic E-state index is 13.3. The molecule has 0 radical (unpaired) electrons. The number of halogens is 1. The summed E-state index contributed by atoms with van der Waals surface area (Å²) in [5, 5.41) is 0. The number of nitrogens with one attached hydrogen (secondary N) is 1. The molecule has 0 aromatic heterocycles. The lowest BCUT2D eigenvalue weighted by Gasteiger charge is -2.23. The molecule has 1 heterocycles. The van der Waals surface area contributed by atoms with Crippen molar-refractivity contribution in [2.24, 2.45) is 0 Å². The first-order valence-corrected chi connectivity index (χ1v) is 8.61. The average Bonchev–Trinajstić information content (AvgIpc) is 2.95. The van der Waals surface area contributed by atoms with Gasteiger partial charge < -0.3 is 9.47 Å². The molecule has 8 heteroatoms. The molecule has 2 rings (SSSR count). The van der Waals surface area contributed by atoms with Gasteiger partial charge in [-0.15, -0.1) is 0 Å². The third kappa shape index (κ3) is 4.39. The van der Waals surface area contributed by atoms with E-state index in [0.717, 1.165) is 12.8 Å². The van der Waals surface area contributed by atoms with Gasteiger partial charge in [-0.25, -0.2) is 4.39 Å². The van der Waals surface area contributed by atoms with Gasteiger partial charge in [0.1, 0.15) is 6.61 Å². The van der Waals surface area contributed by atoms with Gasteiger partial charge in [0.25, 0.3) is 10.2 Å². The van der Waals surface area contributed by atoms with Crippen molar-refractivity contribution in [1.82, 2.24) is 9.03 Å². The molecule has 1 fully saturated rings. The summed E-state index contributed by atoms with van der Waals surface area (Å²) in [4.78, 5) is 0. The third-order valence-electron chi connectivity index (χ3n) is 3.47. The molecule has 22 heavy (non-hydrogen) atoms. The molecular weight excluding hydrogens is 311 g/mol. The van der Waals surface area contributed by atoms with Gasteiger partial charge in [-0.2, -0.15) is 17.4 Å². The molecular formula is C14H21FN2O4S. The SMILES string of the molecule is COC[C@H]1CCCN1S(=O)(=O)NCCOc1ccccc1F. The Bertz CT molecular complexity index is 582. The van der Waals surface area contributed by atoms with Crippen molar-refractivity contribution in [1.29, 1.82) is 0 Å². The number of nitrogens with zero attached hydrogens (tertiary/aromatic N) is 1. The summed E-state index contributed by atoms with van der Waals surface area (Å²) in [6.07, 6.45) is 1.61. The first kappa shape index (κ1) is 17.1. The molecule has 0 amide bonds. The van der Waals surface area contributed by atoms with Gasteiger partial charge in [0.05, 0.1) is 6.61 Å². The summed E-state index contributed by atoms with van der Waals surface area (Å²) < 4.78 is 52.0. The molecule has 1 aliphatic rings. The Labute approximate surface area is 130 Å². The first-order chi connectivity index (χ1) is 10.5. The quantitative estimate of drug-likeness (QED) is 0.725. The van der Waals surface area contributed by atoms with Crippen molar-refractivity contribution in [2.45, 2.75) is 18.9 Å². The van der Waals surface area contributed by atoms with E-state index in [4.69, 9.17) is 9.47 Å². The normalized spacial score (nSPS) is 19.5. The zero-order valence-corrected chi connectivity index (χ0v) is 13.3. The Morgan fingerprint density at radius 3 is 2.91 bits per heavy atom. The van der Waals surface area contributed by atoms with Crippen molar-refractivity contribution in [2.75, 3.05) is 33.4 Å². The Morgan fingerprint density at radius 2 is 2.18 bits per heavy atom. The standard InChI is InChI=1S/C14H21FN2O4S/c1-20-11-12-5-4-9-17(12)22(18,19)16-8-10-21-14-7-3-2-6-13(14)15/h2-3,6-7,12,16H,4-5,8-11H2,1H3/t12-/m1/s1. The average molecular weight is 332 g/mol. The summed E-state index contributed by atoms with van der Waals surface area (Å²) in [6, 6.07) is 5.88. The number of methoxy groups -OCH3 is 1. The molecule has 0 bridgehead atoms. The lowest BCUT2D eigenvalue weighted by molar-refractivity contribution is 0.148. The van der Waals surface area contributed by atoms with Crippen LogP contribution < -0.4 is 9.46 Å². The third-order valence-corrected chi connectivity index (χ3v) is 5.14. The fraction of sp³-hybridized carbons (Fsp3) is 0.571. The molecule has 1 atom stereocenters. The Balaban J connectivity index is 1.81. The molecule has 0 aliphatic carbocycles. The molecule has 1 aliphatic heterocycles. The number of hydrogen-bond donors (Lipinski definition) is 1. The predicted molar refractivity (Wildman–Crippen MR) is 80.4 cm³/mol. The second-order valence-corrected chi connectivity index (χ2v) is 6.75. The molecule has 1 N–H and O–H groups in total. The van der Waals surface area contributed by atoms with E-state index in [1.807, 2.05) is 0 Å². The van der Waals surface area contributed by atoms with E-state index in [2.05, 4.69) is 4.72 Å². The van der Waals surface area contributed by atoms with Crippen LogP contribution in [-0.4, -0.2) is 52.2 Å². The minimum atomic E-state index is -3.57. The topological polar surface area (TPSA) is 67.9 Å². The van der Waals surface area contributed by atoms with Crippen LogP contribution in [0.2, 0.25) is 0 Å². The summed E-state index contributed by atoms with van der Waals surface area (Å²) >= 11 is 0. The van der Waals surface area contributed by atoms with Crippen LogP contribution in [0.3, 0.4) is 0 Å². The second-order valence-electron chi connectivity index (χ2n) is 5.04. The number of rotatable bonds is 8. The lowest BCUT2D eigenvalue weighted by Crippen LogP contribution is -2.45. The van der Waals surface area contributed by atoms with E-state index in [1.54, 1.807) is 19.2 Å². The minimum absolute atomic E-state index is 0.0585. The van der Waals surface area contributed by atoms with Gasteiger partial charge in [-0.05, 0) is 25.0 Å². The van der Waals surface area contributed by atoms with E-state index >= 15 is 0 Å². The van der Waals surface area contributed by atoms with Crippen molar-refractivity contribution in [3.63, 3.8) is 0 Å². The number of ether oxygens (including phenoxy) is 2. The molecule has 0 unspecified atom stereocenters. The van der Waals surface area contributed by atoms with Crippen molar-refractivity contribution in [3.05, 3.63) is 30.1 Å². The minimum Gasteiger partial charge on any atom is -0.489 e. The highest BCUT2D eigenvalue weighted by Gasteiger charge is 2.33. The molecule has 124 valence electrons. The van der Waals surface area contributed by atoms with Gasteiger partial charge >= 0.3 is 0 Å². The van der Waals surface area contributed by atoms with Gasteiger partial charge in [0.2, 0.25) is 0 Å². The lowest BCUT2D eigenvalue weighted by atomic mass is 10.2. The van der Waals surface area contributed by atoms with Crippen LogP contribution in [0, 0.1) is 5.82 Å². The van der Waals surface area contributed by atoms with Gasteiger partial charge in [-0.1, -0.05) is 12.1 Å². The maximum Gasteiger partial charge on any atom is 0.279 e. The van der Waals surface area contributed by atoms with Crippen LogP contribution in [0.1, 0.15) is 12.8 Å². The van der Waals surface area contributed by atoms with E-state index in [1.165, 1.54) is 16.4 Å². The maximum atomic E-state index is 13.3. The number of benzene rings is 1. The zero-order valence-electron chi connectivity index (χ0n) is 12.5. The summed E-state index contributed by atoms with van der Waals surface area (Å²) in [5.41, 5.74) is 0.